The van der Waals surface area contributed by atoms with Gasteiger partial charge in [0.1, 0.15) is 23.1 Å². The van der Waals surface area contributed by atoms with E-state index in [1.54, 1.807) is 19.1 Å². The Morgan fingerprint density at radius 2 is 2.09 bits per heavy atom. The van der Waals surface area contributed by atoms with E-state index < -0.39 is 0 Å². The Morgan fingerprint density at radius 1 is 1.36 bits per heavy atom. The minimum Gasteiger partial charge on any atom is -0.245 e. The molecule has 2 aromatic heterocycles. The molecule has 0 atom stereocenters. The summed E-state index contributed by atoms with van der Waals surface area (Å²) in [4.78, 5) is 17.0. The van der Waals surface area contributed by atoms with Gasteiger partial charge in [-0.05, 0) is 24.6 Å². The zero-order valence-electron chi connectivity index (χ0n) is 11.5. The Morgan fingerprint density at radius 3 is 2.73 bits per heavy atom. The van der Waals surface area contributed by atoms with Crippen LogP contribution in [0.2, 0.25) is 0 Å². The van der Waals surface area contributed by atoms with Gasteiger partial charge in [-0.1, -0.05) is 23.5 Å². The van der Waals surface area contributed by atoms with Crippen LogP contribution in [0.4, 0.5) is 4.39 Å². The second-order valence-corrected chi connectivity index (χ2v) is 5.57. The molecule has 0 unspecified atom stereocenters. The van der Waals surface area contributed by atoms with Crippen molar-refractivity contribution in [3.63, 3.8) is 0 Å². The average molecular weight is 315 g/mol. The van der Waals surface area contributed by atoms with Gasteiger partial charge in [0.15, 0.2) is 0 Å². The molecule has 1 aromatic carbocycles. The van der Waals surface area contributed by atoms with Gasteiger partial charge in [0, 0.05) is 0 Å². The van der Waals surface area contributed by atoms with Crippen LogP contribution in [0.3, 0.4) is 0 Å². The van der Waals surface area contributed by atoms with Crippen LogP contribution in [0.15, 0.2) is 35.4 Å². The molecule has 0 spiro atoms. The molecular formula is C14H10FN5OS. The van der Waals surface area contributed by atoms with Crippen molar-refractivity contribution in [1.29, 1.82) is 5.26 Å². The van der Waals surface area contributed by atoms with Gasteiger partial charge in [0.25, 0.3) is 0 Å². The molecule has 0 aliphatic heterocycles. The highest BCUT2D eigenvalue weighted by molar-refractivity contribution is 7.14. The van der Waals surface area contributed by atoms with Crippen molar-refractivity contribution >= 4 is 11.3 Å². The SMILES string of the molecule is Cc1nc(-n2cnn(Cc3ccc(F)cc3)c2=O)sc1C#N. The number of benzene rings is 1. The van der Waals surface area contributed by atoms with Gasteiger partial charge >= 0.3 is 5.69 Å². The van der Waals surface area contributed by atoms with Gasteiger partial charge in [0.2, 0.25) is 5.13 Å². The summed E-state index contributed by atoms with van der Waals surface area (Å²) in [7, 11) is 0. The van der Waals surface area contributed by atoms with E-state index in [-0.39, 0.29) is 18.1 Å². The van der Waals surface area contributed by atoms with Crippen molar-refractivity contribution in [2.24, 2.45) is 0 Å². The molecule has 0 saturated heterocycles. The Labute approximate surface area is 128 Å². The molecule has 0 saturated carbocycles. The van der Waals surface area contributed by atoms with Gasteiger partial charge < -0.3 is 0 Å². The van der Waals surface area contributed by atoms with Crippen LogP contribution in [0, 0.1) is 24.1 Å². The second-order valence-electron chi connectivity index (χ2n) is 4.59. The van der Waals surface area contributed by atoms with Crippen molar-refractivity contribution in [1.82, 2.24) is 19.3 Å². The summed E-state index contributed by atoms with van der Waals surface area (Å²) in [5.41, 5.74) is 0.991. The lowest BCUT2D eigenvalue weighted by molar-refractivity contribution is 0.622. The summed E-state index contributed by atoms with van der Waals surface area (Å²) in [6, 6.07) is 7.90. The van der Waals surface area contributed by atoms with E-state index in [1.807, 2.05) is 6.07 Å². The summed E-state index contributed by atoms with van der Waals surface area (Å²) in [6.45, 7) is 1.95. The van der Waals surface area contributed by atoms with E-state index in [2.05, 4.69) is 10.1 Å². The van der Waals surface area contributed by atoms with Gasteiger partial charge in [-0.2, -0.15) is 10.4 Å². The van der Waals surface area contributed by atoms with Gasteiger partial charge in [-0.3, -0.25) is 0 Å². The molecule has 0 N–H and O–H groups in total. The molecule has 0 aliphatic rings. The third-order valence-corrected chi connectivity index (χ3v) is 4.13. The van der Waals surface area contributed by atoms with Crippen LogP contribution in [-0.4, -0.2) is 19.3 Å². The highest BCUT2D eigenvalue weighted by Crippen LogP contribution is 2.19. The first kappa shape index (κ1) is 14.2. The number of hydrogen-bond donors (Lipinski definition) is 0. The van der Waals surface area contributed by atoms with Crippen LogP contribution < -0.4 is 5.69 Å². The predicted octanol–water partition coefficient (Wildman–Crippen LogP) is 1.86. The van der Waals surface area contributed by atoms with Crippen LogP contribution in [0.25, 0.3) is 5.13 Å². The Balaban J connectivity index is 1.93. The fraction of sp³-hybridized carbons (Fsp3) is 0.143. The number of hydrogen-bond acceptors (Lipinski definition) is 5. The maximum absolute atomic E-state index is 12.9. The number of nitriles is 1. The second kappa shape index (κ2) is 5.54. The van der Waals surface area contributed by atoms with Crippen LogP contribution in [-0.2, 0) is 6.54 Å². The van der Waals surface area contributed by atoms with E-state index in [1.165, 1.54) is 27.7 Å². The number of nitrogens with zero attached hydrogens (tertiary/aromatic N) is 5. The molecule has 22 heavy (non-hydrogen) atoms. The van der Waals surface area contributed by atoms with Crippen molar-refractivity contribution < 1.29 is 4.39 Å². The Bertz CT molecular complexity index is 916. The summed E-state index contributed by atoms with van der Waals surface area (Å²) in [5.74, 6) is -0.330. The van der Waals surface area contributed by atoms with E-state index in [9.17, 15) is 9.18 Å². The molecule has 3 aromatic rings. The van der Waals surface area contributed by atoms with Crippen molar-refractivity contribution in [2.75, 3.05) is 0 Å². The third-order valence-electron chi connectivity index (χ3n) is 3.07. The molecule has 0 fully saturated rings. The van der Waals surface area contributed by atoms with E-state index >= 15 is 0 Å². The fourth-order valence-corrected chi connectivity index (χ4v) is 2.76. The maximum Gasteiger partial charge on any atom is 0.352 e. The standard InChI is InChI=1S/C14H10FN5OS/c1-9-12(6-16)22-13(18-9)19-8-17-20(14(19)21)7-10-2-4-11(15)5-3-10/h2-5,8H,7H2,1H3. The lowest BCUT2D eigenvalue weighted by atomic mass is 10.2. The number of aryl methyl sites for hydroxylation is 1. The zero-order chi connectivity index (χ0) is 15.7. The summed E-state index contributed by atoms with van der Waals surface area (Å²) < 4.78 is 15.4. The number of aromatic nitrogens is 4. The minimum absolute atomic E-state index is 0.238. The average Bonchev–Trinajstić information content (AvgIpc) is 3.05. The van der Waals surface area contributed by atoms with Crippen molar-refractivity contribution in [3.05, 3.63) is 63.0 Å². The third kappa shape index (κ3) is 2.54. The first-order valence-corrected chi connectivity index (χ1v) is 7.17. The van der Waals surface area contributed by atoms with Crippen LogP contribution >= 0.6 is 11.3 Å². The van der Waals surface area contributed by atoms with Crippen molar-refractivity contribution in [2.45, 2.75) is 13.5 Å². The number of halogens is 1. The molecule has 6 nitrogen and oxygen atoms in total. The summed E-state index contributed by atoms with van der Waals surface area (Å²) in [5, 5.41) is 13.4. The normalized spacial score (nSPS) is 10.6. The van der Waals surface area contributed by atoms with Gasteiger partial charge in [-0.15, -0.1) is 0 Å². The van der Waals surface area contributed by atoms with E-state index in [0.717, 1.165) is 16.9 Å². The molecule has 110 valence electrons. The largest absolute Gasteiger partial charge is 0.352 e. The van der Waals surface area contributed by atoms with Crippen molar-refractivity contribution in [3.8, 4) is 11.2 Å². The highest BCUT2D eigenvalue weighted by atomic mass is 32.1. The maximum atomic E-state index is 12.9. The molecule has 0 amide bonds. The number of thiazole rings is 1. The molecule has 8 heteroatoms. The molecule has 0 aliphatic carbocycles. The molecular weight excluding hydrogens is 305 g/mol. The molecule has 3 rings (SSSR count). The van der Waals surface area contributed by atoms with Crippen LogP contribution in [0.5, 0.6) is 0 Å². The quantitative estimate of drug-likeness (QED) is 0.739. The molecule has 0 bridgehead atoms. The molecule has 0 radical (unpaired) electrons. The van der Waals surface area contributed by atoms with Crippen LogP contribution in [0.1, 0.15) is 16.1 Å². The lowest BCUT2D eigenvalue weighted by Gasteiger charge is -2.00. The monoisotopic (exact) mass is 315 g/mol. The smallest absolute Gasteiger partial charge is 0.245 e. The van der Waals surface area contributed by atoms with E-state index in [0.29, 0.717) is 15.7 Å². The Hall–Kier alpha value is -2.79. The first-order valence-electron chi connectivity index (χ1n) is 6.35. The summed E-state index contributed by atoms with van der Waals surface area (Å²) in [6.07, 6.45) is 1.37. The predicted molar refractivity (Wildman–Crippen MR) is 78.5 cm³/mol. The minimum atomic E-state index is -0.359. The first-order chi connectivity index (χ1) is 10.6. The lowest BCUT2D eigenvalue weighted by Crippen LogP contribution is -2.24. The topological polar surface area (TPSA) is 76.5 Å². The van der Waals surface area contributed by atoms with Gasteiger partial charge in [-0.25, -0.2) is 23.4 Å². The Kier molecular flexibility index (Phi) is 3.56. The molecule has 2 heterocycles. The fourth-order valence-electron chi connectivity index (χ4n) is 1.93. The summed E-state index contributed by atoms with van der Waals surface area (Å²) >= 11 is 1.14. The van der Waals surface area contributed by atoms with E-state index in [4.69, 9.17) is 5.26 Å². The zero-order valence-corrected chi connectivity index (χ0v) is 12.3. The highest BCUT2D eigenvalue weighted by Gasteiger charge is 2.13. The van der Waals surface area contributed by atoms with Gasteiger partial charge in [0.05, 0.1) is 12.2 Å². The number of rotatable bonds is 3.